The molecule has 1 saturated carbocycles. The minimum absolute atomic E-state index is 0. The Bertz CT molecular complexity index is 402. The van der Waals surface area contributed by atoms with Crippen LogP contribution in [0.25, 0.3) is 0 Å². The third kappa shape index (κ3) is 5.14. The van der Waals surface area contributed by atoms with Gasteiger partial charge in [-0.3, -0.25) is 4.79 Å². The van der Waals surface area contributed by atoms with Gasteiger partial charge in [-0.25, -0.2) is 0 Å². The SMILES string of the molecule is CC1CCC(NC(=O)CC(N)c2ccccc2)CC1.Cl. The zero-order valence-electron chi connectivity index (χ0n) is 12.0. The lowest BCUT2D eigenvalue weighted by Crippen LogP contribution is -2.38. The van der Waals surface area contributed by atoms with Crippen molar-refractivity contribution in [2.24, 2.45) is 11.7 Å². The summed E-state index contributed by atoms with van der Waals surface area (Å²) >= 11 is 0. The van der Waals surface area contributed by atoms with Gasteiger partial charge >= 0.3 is 0 Å². The number of amides is 1. The van der Waals surface area contributed by atoms with E-state index in [0.717, 1.165) is 24.3 Å². The Morgan fingerprint density at radius 2 is 1.85 bits per heavy atom. The second-order valence-electron chi connectivity index (χ2n) is 5.75. The maximum absolute atomic E-state index is 12.0. The molecule has 0 radical (unpaired) electrons. The smallest absolute Gasteiger partial charge is 0.222 e. The molecule has 0 heterocycles. The highest BCUT2D eigenvalue weighted by Gasteiger charge is 2.20. The van der Waals surface area contributed by atoms with Crippen molar-refractivity contribution < 1.29 is 4.79 Å². The van der Waals surface area contributed by atoms with Gasteiger partial charge in [-0.05, 0) is 37.2 Å². The van der Waals surface area contributed by atoms with E-state index >= 15 is 0 Å². The largest absolute Gasteiger partial charge is 0.353 e. The van der Waals surface area contributed by atoms with Crippen LogP contribution in [0.3, 0.4) is 0 Å². The number of halogens is 1. The van der Waals surface area contributed by atoms with E-state index in [9.17, 15) is 4.79 Å². The van der Waals surface area contributed by atoms with Crippen molar-refractivity contribution >= 4 is 18.3 Å². The van der Waals surface area contributed by atoms with Crippen LogP contribution >= 0.6 is 12.4 Å². The van der Waals surface area contributed by atoms with Crippen molar-refractivity contribution in [2.75, 3.05) is 0 Å². The van der Waals surface area contributed by atoms with Crippen molar-refractivity contribution in [3.8, 4) is 0 Å². The molecule has 2 rings (SSSR count). The second kappa shape index (κ2) is 8.28. The maximum atomic E-state index is 12.0. The molecule has 1 fully saturated rings. The van der Waals surface area contributed by atoms with E-state index in [2.05, 4.69) is 12.2 Å². The number of hydrogen-bond acceptors (Lipinski definition) is 2. The average molecular weight is 297 g/mol. The minimum Gasteiger partial charge on any atom is -0.353 e. The van der Waals surface area contributed by atoms with Crippen LogP contribution in [0.5, 0.6) is 0 Å². The van der Waals surface area contributed by atoms with Crippen molar-refractivity contribution in [2.45, 2.75) is 51.1 Å². The molecule has 3 N–H and O–H groups in total. The van der Waals surface area contributed by atoms with Gasteiger partial charge in [0.05, 0.1) is 0 Å². The number of rotatable bonds is 4. The first kappa shape index (κ1) is 17.0. The van der Waals surface area contributed by atoms with E-state index < -0.39 is 0 Å². The van der Waals surface area contributed by atoms with Crippen LogP contribution in [-0.4, -0.2) is 11.9 Å². The Morgan fingerprint density at radius 3 is 2.45 bits per heavy atom. The Kier molecular flexibility index (Phi) is 7.03. The summed E-state index contributed by atoms with van der Waals surface area (Å²) in [6.07, 6.45) is 5.02. The van der Waals surface area contributed by atoms with Gasteiger partial charge in [0.15, 0.2) is 0 Å². The average Bonchev–Trinajstić information content (AvgIpc) is 2.42. The van der Waals surface area contributed by atoms with Gasteiger partial charge in [-0.2, -0.15) is 0 Å². The monoisotopic (exact) mass is 296 g/mol. The lowest BCUT2D eigenvalue weighted by Gasteiger charge is -2.27. The molecule has 1 aliphatic carbocycles. The van der Waals surface area contributed by atoms with Gasteiger partial charge in [0.2, 0.25) is 5.91 Å². The number of carbonyl (C=O) groups is 1. The molecular formula is C16H25ClN2O. The molecule has 1 atom stereocenters. The molecule has 0 saturated heterocycles. The summed E-state index contributed by atoms with van der Waals surface area (Å²) in [6, 6.07) is 9.96. The molecule has 0 bridgehead atoms. The summed E-state index contributed by atoms with van der Waals surface area (Å²) in [5, 5.41) is 3.12. The maximum Gasteiger partial charge on any atom is 0.222 e. The van der Waals surface area contributed by atoms with E-state index in [1.165, 1.54) is 12.8 Å². The van der Waals surface area contributed by atoms with Crippen molar-refractivity contribution in [1.29, 1.82) is 0 Å². The number of hydrogen-bond donors (Lipinski definition) is 2. The number of nitrogens with two attached hydrogens (primary N) is 1. The molecule has 1 aromatic carbocycles. The van der Waals surface area contributed by atoms with E-state index in [0.29, 0.717) is 12.5 Å². The van der Waals surface area contributed by atoms with Gasteiger partial charge in [-0.15, -0.1) is 12.4 Å². The molecule has 1 unspecified atom stereocenters. The highest BCUT2D eigenvalue weighted by atomic mass is 35.5. The van der Waals surface area contributed by atoms with Crippen LogP contribution in [0.1, 0.15) is 50.6 Å². The Balaban J connectivity index is 0.00000200. The number of benzene rings is 1. The molecule has 3 nitrogen and oxygen atoms in total. The zero-order valence-corrected chi connectivity index (χ0v) is 12.9. The van der Waals surface area contributed by atoms with Gasteiger partial charge in [0.1, 0.15) is 0 Å². The third-order valence-corrected chi connectivity index (χ3v) is 4.01. The molecule has 1 amide bonds. The summed E-state index contributed by atoms with van der Waals surface area (Å²) in [5.41, 5.74) is 7.09. The fourth-order valence-corrected chi connectivity index (χ4v) is 2.71. The molecule has 1 aromatic rings. The molecular weight excluding hydrogens is 272 g/mol. The summed E-state index contributed by atoms with van der Waals surface area (Å²) < 4.78 is 0. The minimum atomic E-state index is -0.205. The standard InChI is InChI=1S/C16H24N2O.ClH/c1-12-7-9-14(10-8-12)18-16(19)11-15(17)13-5-3-2-4-6-13;/h2-6,12,14-15H,7-11,17H2,1H3,(H,18,19);1H. The molecule has 0 spiro atoms. The first-order valence-corrected chi connectivity index (χ1v) is 7.25. The fourth-order valence-electron chi connectivity index (χ4n) is 2.71. The topological polar surface area (TPSA) is 55.1 Å². The number of nitrogens with one attached hydrogen (secondary N) is 1. The third-order valence-electron chi connectivity index (χ3n) is 4.01. The molecule has 0 aliphatic heterocycles. The summed E-state index contributed by atoms with van der Waals surface area (Å²) in [4.78, 5) is 12.0. The highest BCUT2D eigenvalue weighted by Crippen LogP contribution is 2.23. The fraction of sp³-hybridized carbons (Fsp3) is 0.562. The predicted octanol–water partition coefficient (Wildman–Crippen LogP) is 3.19. The van der Waals surface area contributed by atoms with Crippen LogP contribution in [0.4, 0.5) is 0 Å². The van der Waals surface area contributed by atoms with E-state index in [1.807, 2.05) is 30.3 Å². The first-order chi connectivity index (χ1) is 9.15. The predicted molar refractivity (Wildman–Crippen MR) is 84.8 cm³/mol. The number of carbonyl (C=O) groups excluding carboxylic acids is 1. The molecule has 112 valence electrons. The van der Waals surface area contributed by atoms with Gasteiger partial charge in [0, 0.05) is 18.5 Å². The van der Waals surface area contributed by atoms with Crippen LogP contribution in [0.2, 0.25) is 0 Å². The second-order valence-corrected chi connectivity index (χ2v) is 5.75. The first-order valence-electron chi connectivity index (χ1n) is 7.25. The van der Waals surface area contributed by atoms with Crippen molar-refractivity contribution in [1.82, 2.24) is 5.32 Å². The van der Waals surface area contributed by atoms with Crippen LogP contribution in [0, 0.1) is 5.92 Å². The molecule has 4 heteroatoms. The van der Waals surface area contributed by atoms with Crippen LogP contribution in [0.15, 0.2) is 30.3 Å². The Labute approximate surface area is 127 Å². The summed E-state index contributed by atoms with van der Waals surface area (Å²) in [5.74, 6) is 0.885. The summed E-state index contributed by atoms with van der Waals surface area (Å²) in [7, 11) is 0. The van der Waals surface area contributed by atoms with Gasteiger partial charge in [0.25, 0.3) is 0 Å². The van der Waals surface area contributed by atoms with Crippen molar-refractivity contribution in [3.05, 3.63) is 35.9 Å². The van der Waals surface area contributed by atoms with Gasteiger partial charge < -0.3 is 11.1 Å². The van der Waals surface area contributed by atoms with Gasteiger partial charge in [-0.1, -0.05) is 37.3 Å². The quantitative estimate of drug-likeness (QED) is 0.896. The Morgan fingerprint density at radius 1 is 1.25 bits per heavy atom. The van der Waals surface area contributed by atoms with Crippen LogP contribution < -0.4 is 11.1 Å². The van der Waals surface area contributed by atoms with E-state index in [1.54, 1.807) is 0 Å². The lowest BCUT2D eigenvalue weighted by atomic mass is 9.87. The normalized spacial score (nSPS) is 23.5. The molecule has 20 heavy (non-hydrogen) atoms. The van der Waals surface area contributed by atoms with E-state index in [-0.39, 0.29) is 24.4 Å². The zero-order chi connectivity index (χ0) is 13.7. The van der Waals surface area contributed by atoms with E-state index in [4.69, 9.17) is 5.73 Å². The molecule has 0 aromatic heterocycles. The lowest BCUT2D eigenvalue weighted by molar-refractivity contribution is -0.122. The molecule has 1 aliphatic rings. The Hall–Kier alpha value is -1.06. The highest BCUT2D eigenvalue weighted by molar-refractivity contribution is 5.85. The summed E-state index contributed by atoms with van der Waals surface area (Å²) in [6.45, 7) is 2.28. The van der Waals surface area contributed by atoms with Crippen molar-refractivity contribution in [3.63, 3.8) is 0 Å². The van der Waals surface area contributed by atoms with Crippen LogP contribution in [-0.2, 0) is 4.79 Å².